The van der Waals surface area contributed by atoms with E-state index in [4.69, 9.17) is 4.74 Å². The fraction of sp³-hybridized carbons (Fsp3) is 0.250. The molecule has 0 N–H and O–H groups in total. The SMILES string of the molecule is COc1cccc(N2CCN(C(=O)Cn3cc(S(=O)(=O)c4ccc(C)cc4)c4ccccc43)CC2)c1. The van der Waals surface area contributed by atoms with Crippen LogP contribution in [0.4, 0.5) is 5.69 Å². The number of carbonyl (C=O) groups is 1. The molecule has 1 aromatic heterocycles. The molecule has 0 bridgehead atoms. The molecular formula is C28H29N3O4S. The molecule has 0 aliphatic carbocycles. The molecule has 1 aliphatic rings. The van der Waals surface area contributed by atoms with Gasteiger partial charge in [0.1, 0.15) is 12.3 Å². The first-order valence-corrected chi connectivity index (χ1v) is 13.4. The predicted octanol–water partition coefficient (Wildman–Crippen LogP) is 4.14. The Labute approximate surface area is 211 Å². The van der Waals surface area contributed by atoms with Gasteiger partial charge in [0.25, 0.3) is 0 Å². The van der Waals surface area contributed by atoms with Crippen LogP contribution in [0, 0.1) is 6.92 Å². The Balaban J connectivity index is 1.35. The van der Waals surface area contributed by atoms with Crippen LogP contribution in [0.15, 0.2) is 88.8 Å². The highest BCUT2D eigenvalue weighted by atomic mass is 32.2. The van der Waals surface area contributed by atoms with Crippen molar-refractivity contribution < 1.29 is 17.9 Å². The zero-order valence-electron chi connectivity index (χ0n) is 20.4. The second-order valence-electron chi connectivity index (χ2n) is 9.02. The highest BCUT2D eigenvalue weighted by Crippen LogP contribution is 2.30. The van der Waals surface area contributed by atoms with Crippen LogP contribution in [0.3, 0.4) is 0 Å². The van der Waals surface area contributed by atoms with Gasteiger partial charge in [-0.1, -0.05) is 42.0 Å². The number of hydrogen-bond donors (Lipinski definition) is 0. The van der Waals surface area contributed by atoms with Gasteiger partial charge in [0.15, 0.2) is 0 Å². The van der Waals surface area contributed by atoms with Crippen molar-refractivity contribution in [2.45, 2.75) is 23.3 Å². The Kier molecular flexibility index (Phi) is 6.45. The summed E-state index contributed by atoms with van der Waals surface area (Å²) in [6, 6.07) is 22.1. The summed E-state index contributed by atoms with van der Waals surface area (Å²) >= 11 is 0. The summed E-state index contributed by atoms with van der Waals surface area (Å²) < 4.78 is 34.0. The molecule has 0 unspecified atom stereocenters. The highest BCUT2D eigenvalue weighted by molar-refractivity contribution is 7.91. The number of para-hydroxylation sites is 1. The predicted molar refractivity (Wildman–Crippen MR) is 140 cm³/mol. The van der Waals surface area contributed by atoms with Crippen LogP contribution in [0.2, 0.25) is 0 Å². The zero-order valence-corrected chi connectivity index (χ0v) is 21.2. The summed E-state index contributed by atoms with van der Waals surface area (Å²) in [5.41, 5.74) is 2.80. The quantitative estimate of drug-likeness (QED) is 0.396. The number of nitrogens with zero attached hydrogens (tertiary/aromatic N) is 3. The highest BCUT2D eigenvalue weighted by Gasteiger charge is 2.26. The third kappa shape index (κ3) is 4.56. The number of anilines is 1. The van der Waals surface area contributed by atoms with Gasteiger partial charge in [-0.05, 0) is 37.3 Å². The number of sulfone groups is 1. The molecule has 0 radical (unpaired) electrons. The number of benzene rings is 3. The molecule has 7 nitrogen and oxygen atoms in total. The Morgan fingerprint density at radius 1 is 0.917 bits per heavy atom. The van der Waals surface area contributed by atoms with Crippen LogP contribution in [-0.4, -0.2) is 57.1 Å². The molecule has 1 fully saturated rings. The number of amides is 1. The number of fused-ring (bicyclic) bond motifs is 1. The molecule has 186 valence electrons. The monoisotopic (exact) mass is 503 g/mol. The first kappa shape index (κ1) is 23.9. The maximum absolute atomic E-state index is 13.5. The summed E-state index contributed by atoms with van der Waals surface area (Å²) in [6.07, 6.45) is 1.60. The average molecular weight is 504 g/mol. The minimum absolute atomic E-state index is 0.0275. The largest absolute Gasteiger partial charge is 0.497 e. The van der Waals surface area contributed by atoms with E-state index in [2.05, 4.69) is 4.90 Å². The van der Waals surface area contributed by atoms with Gasteiger partial charge in [-0.15, -0.1) is 0 Å². The lowest BCUT2D eigenvalue weighted by molar-refractivity contribution is -0.132. The summed E-state index contributed by atoms with van der Waals surface area (Å²) in [6.45, 7) is 4.65. The fourth-order valence-electron chi connectivity index (χ4n) is 4.67. The lowest BCUT2D eigenvalue weighted by atomic mass is 10.2. The summed E-state index contributed by atoms with van der Waals surface area (Å²) in [5, 5.41) is 0.619. The fourth-order valence-corrected chi connectivity index (χ4v) is 6.15. The van der Waals surface area contributed by atoms with Crippen LogP contribution in [-0.2, 0) is 21.2 Å². The van der Waals surface area contributed by atoms with E-state index >= 15 is 0 Å². The van der Waals surface area contributed by atoms with Gasteiger partial charge in [0, 0.05) is 55.0 Å². The minimum Gasteiger partial charge on any atom is -0.497 e. The number of methoxy groups -OCH3 is 1. The molecule has 0 spiro atoms. The van der Waals surface area contributed by atoms with E-state index in [1.54, 1.807) is 48.2 Å². The van der Waals surface area contributed by atoms with Crippen LogP contribution in [0.5, 0.6) is 5.75 Å². The van der Waals surface area contributed by atoms with E-state index < -0.39 is 9.84 Å². The summed E-state index contributed by atoms with van der Waals surface area (Å²) in [5.74, 6) is 0.780. The van der Waals surface area contributed by atoms with Crippen LogP contribution in [0.25, 0.3) is 10.9 Å². The number of piperazine rings is 1. The lowest BCUT2D eigenvalue weighted by Gasteiger charge is -2.36. The molecule has 1 saturated heterocycles. The van der Waals surface area contributed by atoms with E-state index in [9.17, 15) is 13.2 Å². The molecule has 3 aromatic carbocycles. The molecule has 1 aliphatic heterocycles. The second-order valence-corrected chi connectivity index (χ2v) is 10.9. The molecule has 4 aromatic rings. The lowest BCUT2D eigenvalue weighted by Crippen LogP contribution is -2.49. The standard InChI is InChI=1S/C28H29N3O4S/c1-21-10-12-24(13-11-21)36(33,34)27-19-31(26-9-4-3-8-25(26)27)20-28(32)30-16-14-29(15-17-30)22-6-5-7-23(18-22)35-2/h3-13,18-19H,14-17,20H2,1-2H3. The van der Waals surface area contributed by atoms with Crippen molar-refractivity contribution in [2.75, 3.05) is 38.2 Å². The van der Waals surface area contributed by atoms with Crippen molar-refractivity contribution in [2.24, 2.45) is 0 Å². The molecule has 36 heavy (non-hydrogen) atoms. The van der Waals surface area contributed by atoms with Gasteiger partial charge in [-0.3, -0.25) is 4.79 Å². The Morgan fingerprint density at radius 3 is 2.36 bits per heavy atom. The number of aryl methyl sites for hydroxylation is 1. The maximum Gasteiger partial charge on any atom is 0.242 e. The maximum atomic E-state index is 13.5. The van der Waals surface area contributed by atoms with Gasteiger partial charge < -0.3 is 19.1 Å². The third-order valence-corrected chi connectivity index (χ3v) is 8.53. The normalized spacial score (nSPS) is 14.3. The van der Waals surface area contributed by atoms with E-state index in [-0.39, 0.29) is 22.2 Å². The first-order valence-electron chi connectivity index (χ1n) is 11.9. The number of ether oxygens (including phenoxy) is 1. The minimum atomic E-state index is -3.73. The molecule has 1 amide bonds. The van der Waals surface area contributed by atoms with Crippen molar-refractivity contribution in [3.8, 4) is 5.75 Å². The molecule has 5 rings (SSSR count). The number of hydrogen-bond acceptors (Lipinski definition) is 5. The van der Waals surface area contributed by atoms with E-state index in [1.807, 2.05) is 54.3 Å². The first-order chi connectivity index (χ1) is 17.4. The van der Waals surface area contributed by atoms with Crippen molar-refractivity contribution in [3.05, 3.63) is 84.6 Å². The van der Waals surface area contributed by atoms with Crippen LogP contribution < -0.4 is 9.64 Å². The van der Waals surface area contributed by atoms with Crippen LogP contribution in [0.1, 0.15) is 5.56 Å². The Hall–Kier alpha value is -3.78. The summed E-state index contributed by atoms with van der Waals surface area (Å²) in [7, 11) is -2.08. The second kappa shape index (κ2) is 9.70. The smallest absolute Gasteiger partial charge is 0.242 e. The van der Waals surface area contributed by atoms with Crippen molar-refractivity contribution in [1.29, 1.82) is 0 Å². The van der Waals surface area contributed by atoms with Crippen LogP contribution >= 0.6 is 0 Å². The Morgan fingerprint density at radius 2 is 1.64 bits per heavy atom. The average Bonchev–Trinajstić information content (AvgIpc) is 3.28. The van der Waals surface area contributed by atoms with Gasteiger partial charge >= 0.3 is 0 Å². The van der Waals surface area contributed by atoms with E-state index in [0.29, 0.717) is 18.5 Å². The van der Waals surface area contributed by atoms with Gasteiger partial charge in [-0.25, -0.2) is 8.42 Å². The molecule has 8 heteroatoms. The van der Waals surface area contributed by atoms with Gasteiger partial charge in [-0.2, -0.15) is 0 Å². The van der Waals surface area contributed by atoms with Gasteiger partial charge in [0.2, 0.25) is 15.7 Å². The number of aromatic nitrogens is 1. The number of rotatable bonds is 6. The van der Waals surface area contributed by atoms with Crippen molar-refractivity contribution in [3.63, 3.8) is 0 Å². The molecule has 0 atom stereocenters. The van der Waals surface area contributed by atoms with Crippen molar-refractivity contribution in [1.82, 2.24) is 9.47 Å². The van der Waals surface area contributed by atoms with Crippen molar-refractivity contribution >= 4 is 32.3 Å². The van der Waals surface area contributed by atoms with Gasteiger partial charge in [0.05, 0.1) is 16.9 Å². The zero-order chi connectivity index (χ0) is 25.3. The molecule has 2 heterocycles. The number of carbonyl (C=O) groups excluding carboxylic acids is 1. The Bertz CT molecular complexity index is 1500. The van der Waals surface area contributed by atoms with E-state index in [0.717, 1.165) is 35.6 Å². The molecular weight excluding hydrogens is 474 g/mol. The topological polar surface area (TPSA) is 71.8 Å². The third-order valence-electron chi connectivity index (χ3n) is 6.73. The molecule has 0 saturated carbocycles. The van der Waals surface area contributed by atoms with E-state index in [1.165, 1.54) is 0 Å². The summed E-state index contributed by atoms with van der Waals surface area (Å²) in [4.78, 5) is 17.8.